The molecule has 0 aliphatic carbocycles. The van der Waals surface area contributed by atoms with Crippen LogP contribution >= 0.6 is 12.0 Å². The van der Waals surface area contributed by atoms with Gasteiger partial charge in [-0.3, -0.25) is 4.18 Å². The lowest BCUT2D eigenvalue weighted by Crippen LogP contribution is -2.20. The Kier molecular flexibility index (Phi) is 1.52. The first-order chi connectivity index (χ1) is 3.60. The smallest absolute Gasteiger partial charge is 0.177 e. The molecule has 8 heavy (non-hydrogen) atoms. The lowest BCUT2D eigenvalue weighted by Gasteiger charge is -2.13. The zero-order chi connectivity index (χ0) is 6.20. The summed E-state index contributed by atoms with van der Waals surface area (Å²) < 4.78 is 10.4. The van der Waals surface area contributed by atoms with E-state index in [1.807, 2.05) is 20.8 Å². The quantitative estimate of drug-likeness (QED) is 0.470. The zero-order valence-corrected chi connectivity index (χ0v) is 6.12. The largest absolute Gasteiger partial charge is 0.334 e. The van der Waals surface area contributed by atoms with Crippen molar-refractivity contribution in [3.8, 4) is 0 Å². The van der Waals surface area contributed by atoms with Crippen molar-refractivity contribution in [3.63, 3.8) is 0 Å². The van der Waals surface area contributed by atoms with Crippen LogP contribution in [0.15, 0.2) is 0 Å². The molecular formula is C5H10O2S. The fourth-order valence-electron chi connectivity index (χ4n) is 0.623. The molecule has 0 bridgehead atoms. The molecule has 1 atom stereocenters. The maximum atomic E-state index is 5.29. The molecule has 2 nitrogen and oxygen atoms in total. The van der Waals surface area contributed by atoms with Gasteiger partial charge in [0.1, 0.15) is 5.44 Å². The lowest BCUT2D eigenvalue weighted by atomic mass is 10.4. The van der Waals surface area contributed by atoms with Crippen molar-refractivity contribution in [1.29, 1.82) is 0 Å². The summed E-state index contributed by atoms with van der Waals surface area (Å²) in [6.07, 6.45) is 0. The van der Waals surface area contributed by atoms with E-state index in [1.54, 1.807) is 0 Å². The Balaban J connectivity index is 2.44. The molecule has 1 heterocycles. The maximum absolute atomic E-state index is 5.29. The number of hydrogen-bond donors (Lipinski definition) is 0. The summed E-state index contributed by atoms with van der Waals surface area (Å²) in [5.74, 6) is -0.371. The summed E-state index contributed by atoms with van der Waals surface area (Å²) in [5, 5.41) is 0. The molecule has 3 heteroatoms. The van der Waals surface area contributed by atoms with Gasteiger partial charge in [-0.05, 0) is 20.8 Å². The van der Waals surface area contributed by atoms with Crippen molar-refractivity contribution >= 4 is 12.0 Å². The Morgan fingerprint density at radius 3 is 2.25 bits per heavy atom. The van der Waals surface area contributed by atoms with E-state index < -0.39 is 0 Å². The van der Waals surface area contributed by atoms with Crippen LogP contribution in [-0.2, 0) is 8.92 Å². The SMILES string of the molecule is CC1OC(C)(C)OS1. The van der Waals surface area contributed by atoms with E-state index in [0.717, 1.165) is 0 Å². The molecule has 1 aliphatic heterocycles. The van der Waals surface area contributed by atoms with Crippen LogP contribution in [0.3, 0.4) is 0 Å². The van der Waals surface area contributed by atoms with Crippen LogP contribution in [-0.4, -0.2) is 11.2 Å². The molecule has 0 saturated carbocycles. The normalized spacial score (nSPS) is 35.6. The number of hydrogen-bond acceptors (Lipinski definition) is 3. The van der Waals surface area contributed by atoms with Crippen LogP contribution in [0, 0.1) is 0 Å². The molecule has 1 aliphatic rings. The molecule has 1 rings (SSSR count). The summed E-state index contributed by atoms with van der Waals surface area (Å²) in [6, 6.07) is 0. The molecule has 1 saturated heterocycles. The number of rotatable bonds is 0. The minimum atomic E-state index is -0.371. The Hall–Kier alpha value is 0.270. The lowest BCUT2D eigenvalue weighted by molar-refractivity contribution is -0.121. The van der Waals surface area contributed by atoms with E-state index in [1.165, 1.54) is 12.0 Å². The fraction of sp³-hybridized carbons (Fsp3) is 1.00. The van der Waals surface area contributed by atoms with Gasteiger partial charge in [0.05, 0.1) is 0 Å². The third-order valence-corrected chi connectivity index (χ3v) is 1.70. The van der Waals surface area contributed by atoms with E-state index in [9.17, 15) is 0 Å². The van der Waals surface area contributed by atoms with E-state index in [-0.39, 0.29) is 11.2 Å². The first-order valence-corrected chi connectivity index (χ1v) is 3.43. The van der Waals surface area contributed by atoms with Gasteiger partial charge in [0.15, 0.2) is 5.79 Å². The van der Waals surface area contributed by atoms with Crippen molar-refractivity contribution < 1.29 is 8.92 Å². The Labute approximate surface area is 53.8 Å². The van der Waals surface area contributed by atoms with Gasteiger partial charge in [0.2, 0.25) is 0 Å². The molecule has 1 fully saturated rings. The van der Waals surface area contributed by atoms with E-state index in [2.05, 4.69) is 0 Å². The van der Waals surface area contributed by atoms with Crippen LogP contribution in [0.4, 0.5) is 0 Å². The van der Waals surface area contributed by atoms with Gasteiger partial charge in [-0.2, -0.15) is 0 Å². The zero-order valence-electron chi connectivity index (χ0n) is 5.30. The molecular weight excluding hydrogens is 124 g/mol. The predicted octanol–water partition coefficient (Wildman–Crippen LogP) is 1.76. The second-order valence-corrected chi connectivity index (χ2v) is 3.29. The molecule has 0 aromatic rings. The molecule has 0 N–H and O–H groups in total. The topological polar surface area (TPSA) is 18.5 Å². The standard InChI is InChI=1S/C5H10O2S/c1-4-6-5(2,3)7-8-4/h4H,1-3H3. The minimum absolute atomic E-state index is 0.185. The second-order valence-electron chi connectivity index (χ2n) is 2.26. The molecule has 48 valence electrons. The highest BCUT2D eigenvalue weighted by Crippen LogP contribution is 2.33. The summed E-state index contributed by atoms with van der Waals surface area (Å²) in [5.41, 5.74) is 0.185. The van der Waals surface area contributed by atoms with Gasteiger partial charge in [0.25, 0.3) is 0 Å². The average molecular weight is 134 g/mol. The monoisotopic (exact) mass is 134 g/mol. The molecule has 0 radical (unpaired) electrons. The van der Waals surface area contributed by atoms with Gasteiger partial charge in [-0.25, -0.2) is 0 Å². The Morgan fingerprint density at radius 2 is 2.12 bits per heavy atom. The fourth-order valence-corrected chi connectivity index (χ4v) is 1.30. The molecule has 0 aromatic carbocycles. The third-order valence-electron chi connectivity index (χ3n) is 0.834. The summed E-state index contributed by atoms with van der Waals surface area (Å²) in [4.78, 5) is 0. The van der Waals surface area contributed by atoms with E-state index >= 15 is 0 Å². The van der Waals surface area contributed by atoms with Crippen molar-refractivity contribution in [2.75, 3.05) is 0 Å². The van der Waals surface area contributed by atoms with Crippen LogP contribution in [0.1, 0.15) is 20.8 Å². The number of ether oxygens (including phenoxy) is 1. The predicted molar refractivity (Wildman–Crippen MR) is 33.3 cm³/mol. The van der Waals surface area contributed by atoms with Crippen molar-refractivity contribution in [1.82, 2.24) is 0 Å². The Bertz CT molecular complexity index is 92.4. The minimum Gasteiger partial charge on any atom is -0.334 e. The van der Waals surface area contributed by atoms with E-state index in [0.29, 0.717) is 0 Å². The summed E-state index contributed by atoms with van der Waals surface area (Å²) in [6.45, 7) is 5.78. The van der Waals surface area contributed by atoms with Gasteiger partial charge < -0.3 is 4.74 Å². The van der Waals surface area contributed by atoms with Crippen LogP contribution < -0.4 is 0 Å². The van der Waals surface area contributed by atoms with Crippen molar-refractivity contribution in [2.45, 2.75) is 32.0 Å². The van der Waals surface area contributed by atoms with Gasteiger partial charge >= 0.3 is 0 Å². The molecule has 1 unspecified atom stereocenters. The molecule has 0 spiro atoms. The maximum Gasteiger partial charge on any atom is 0.177 e. The third kappa shape index (κ3) is 1.37. The van der Waals surface area contributed by atoms with Gasteiger partial charge in [-0.1, -0.05) is 0 Å². The average Bonchev–Trinajstić information content (AvgIpc) is 1.82. The Morgan fingerprint density at radius 1 is 1.50 bits per heavy atom. The highest BCUT2D eigenvalue weighted by atomic mass is 32.2. The summed E-state index contributed by atoms with van der Waals surface area (Å²) in [7, 11) is 0. The molecule has 0 amide bonds. The first kappa shape index (κ1) is 6.39. The van der Waals surface area contributed by atoms with E-state index in [4.69, 9.17) is 8.92 Å². The van der Waals surface area contributed by atoms with Crippen LogP contribution in [0.2, 0.25) is 0 Å². The van der Waals surface area contributed by atoms with Crippen molar-refractivity contribution in [3.05, 3.63) is 0 Å². The highest BCUT2D eigenvalue weighted by molar-refractivity contribution is 7.95. The molecule has 0 aromatic heterocycles. The van der Waals surface area contributed by atoms with Gasteiger partial charge in [0, 0.05) is 12.0 Å². The van der Waals surface area contributed by atoms with Crippen LogP contribution in [0.5, 0.6) is 0 Å². The highest BCUT2D eigenvalue weighted by Gasteiger charge is 2.30. The van der Waals surface area contributed by atoms with Gasteiger partial charge in [-0.15, -0.1) is 0 Å². The second kappa shape index (κ2) is 1.90. The first-order valence-electron chi connectivity index (χ1n) is 2.62. The van der Waals surface area contributed by atoms with Crippen LogP contribution in [0.25, 0.3) is 0 Å². The van der Waals surface area contributed by atoms with Crippen molar-refractivity contribution in [2.24, 2.45) is 0 Å². The summed E-state index contributed by atoms with van der Waals surface area (Å²) >= 11 is 1.38.